The van der Waals surface area contributed by atoms with Crippen LogP contribution in [0.4, 0.5) is 0 Å². The summed E-state index contributed by atoms with van der Waals surface area (Å²) < 4.78 is 0. The van der Waals surface area contributed by atoms with Gasteiger partial charge in [-0.25, -0.2) is 0 Å². The molecule has 0 bridgehead atoms. The molecule has 1 aromatic rings. The maximum Gasteiger partial charge on any atom is 0.0745 e. The van der Waals surface area contributed by atoms with Crippen molar-refractivity contribution in [2.75, 3.05) is 0 Å². The molecule has 2 aliphatic rings. The van der Waals surface area contributed by atoms with Crippen LogP contribution in [0, 0.1) is 0 Å². The zero-order valence-electron chi connectivity index (χ0n) is 13.5. The Labute approximate surface area is 130 Å². The Bertz CT molecular complexity index is 592. The normalized spacial score (nSPS) is 22.0. The molecule has 0 heterocycles. The molecule has 0 spiro atoms. The molecular weight excluding hydrogens is 268 g/mol. The monoisotopic (exact) mass is 294 g/mol. The lowest BCUT2D eigenvalue weighted by atomic mass is 10.0. The van der Waals surface area contributed by atoms with Gasteiger partial charge in [0, 0.05) is 5.04 Å². The summed E-state index contributed by atoms with van der Waals surface area (Å²) in [5.74, 6) is 0. The number of hydrogen-bond donors (Lipinski definition) is 0. The van der Waals surface area contributed by atoms with Gasteiger partial charge in [-0.1, -0.05) is 93.6 Å². The highest BCUT2D eigenvalue weighted by Gasteiger charge is 2.49. The highest BCUT2D eigenvalue weighted by molar-refractivity contribution is 6.83. The molecule has 0 saturated heterocycles. The summed E-state index contributed by atoms with van der Waals surface area (Å²) in [7, 11) is -1.54. The fourth-order valence-electron chi connectivity index (χ4n) is 4.07. The Balaban J connectivity index is 1.98. The number of rotatable bonds is 5. The third-order valence-corrected chi connectivity index (χ3v) is 10.7. The smallest absolute Gasteiger partial charge is 0.0745 e. The van der Waals surface area contributed by atoms with Crippen molar-refractivity contribution in [3.8, 4) is 0 Å². The van der Waals surface area contributed by atoms with Gasteiger partial charge in [0.25, 0.3) is 0 Å². The van der Waals surface area contributed by atoms with E-state index >= 15 is 0 Å². The van der Waals surface area contributed by atoms with E-state index in [-0.39, 0.29) is 0 Å². The van der Waals surface area contributed by atoms with Crippen molar-refractivity contribution in [3.05, 3.63) is 65.8 Å². The van der Waals surface area contributed by atoms with Crippen molar-refractivity contribution in [1.29, 1.82) is 0 Å². The van der Waals surface area contributed by atoms with Gasteiger partial charge in [-0.2, -0.15) is 0 Å². The third kappa shape index (κ3) is 2.28. The molecule has 2 aliphatic carbocycles. The molecule has 0 nitrogen and oxygen atoms in total. The van der Waals surface area contributed by atoms with Gasteiger partial charge in [0.15, 0.2) is 0 Å². The molecule has 3 rings (SSSR count). The SMILES string of the molecule is CCCCC1([Si](C)(C)C2C=Cc3ccccc32)C=CC=C1. The van der Waals surface area contributed by atoms with Crippen molar-refractivity contribution < 1.29 is 0 Å². The molecule has 0 N–H and O–H groups in total. The van der Waals surface area contributed by atoms with Gasteiger partial charge in [-0.15, -0.1) is 0 Å². The van der Waals surface area contributed by atoms with Crippen molar-refractivity contribution in [3.63, 3.8) is 0 Å². The van der Waals surface area contributed by atoms with E-state index in [1.807, 2.05) is 0 Å². The van der Waals surface area contributed by atoms with E-state index in [0.29, 0.717) is 10.6 Å². The molecule has 0 aliphatic heterocycles. The molecule has 0 radical (unpaired) electrons. The van der Waals surface area contributed by atoms with Gasteiger partial charge in [0.05, 0.1) is 8.07 Å². The Morgan fingerprint density at radius 2 is 1.81 bits per heavy atom. The first-order chi connectivity index (χ1) is 10.1. The number of fused-ring (bicyclic) bond motifs is 1. The summed E-state index contributed by atoms with van der Waals surface area (Å²) in [5, 5.41) is 0.329. The van der Waals surface area contributed by atoms with Gasteiger partial charge < -0.3 is 0 Å². The second kappa shape index (κ2) is 5.45. The number of allylic oxidation sites excluding steroid dienone is 5. The minimum atomic E-state index is -1.54. The van der Waals surface area contributed by atoms with Gasteiger partial charge in [-0.05, 0) is 23.1 Å². The summed E-state index contributed by atoms with van der Waals surface area (Å²) in [6.45, 7) is 7.47. The molecule has 110 valence electrons. The topological polar surface area (TPSA) is 0 Å². The Hall–Kier alpha value is -1.34. The molecule has 0 fully saturated rings. The number of hydrogen-bond acceptors (Lipinski definition) is 0. The first-order valence-corrected chi connectivity index (χ1v) is 11.3. The number of benzene rings is 1. The van der Waals surface area contributed by atoms with Gasteiger partial charge >= 0.3 is 0 Å². The Kier molecular flexibility index (Phi) is 3.79. The van der Waals surface area contributed by atoms with Crippen LogP contribution in [0.5, 0.6) is 0 Å². The molecule has 0 saturated carbocycles. The minimum absolute atomic E-state index is 0.329. The van der Waals surface area contributed by atoms with E-state index in [1.54, 1.807) is 5.56 Å². The quantitative estimate of drug-likeness (QED) is 0.575. The van der Waals surface area contributed by atoms with Crippen LogP contribution in [0.2, 0.25) is 18.1 Å². The zero-order chi connectivity index (χ0) is 14.9. The largest absolute Gasteiger partial charge is 0.0791 e. The first kappa shape index (κ1) is 14.6. The summed E-state index contributed by atoms with van der Waals surface area (Å²) in [4.78, 5) is 0. The Morgan fingerprint density at radius 1 is 1.10 bits per heavy atom. The van der Waals surface area contributed by atoms with Crippen LogP contribution < -0.4 is 0 Å². The second-order valence-electron chi connectivity index (χ2n) is 7.05. The summed E-state index contributed by atoms with van der Waals surface area (Å²) in [6, 6.07) is 8.95. The molecule has 1 heteroatoms. The van der Waals surface area contributed by atoms with Gasteiger partial charge in [-0.3, -0.25) is 0 Å². The van der Waals surface area contributed by atoms with Crippen molar-refractivity contribution in [1.82, 2.24) is 0 Å². The predicted octanol–water partition coefficient (Wildman–Crippen LogP) is 6.10. The van der Waals surface area contributed by atoms with E-state index in [0.717, 1.165) is 0 Å². The highest BCUT2D eigenvalue weighted by atomic mass is 28.3. The average Bonchev–Trinajstić information content (AvgIpc) is 3.13. The zero-order valence-corrected chi connectivity index (χ0v) is 14.5. The summed E-state index contributed by atoms with van der Waals surface area (Å²) in [5.41, 5.74) is 3.62. The van der Waals surface area contributed by atoms with Gasteiger partial charge in [0.1, 0.15) is 0 Å². The van der Waals surface area contributed by atoms with E-state index in [2.05, 4.69) is 80.7 Å². The summed E-state index contributed by atoms with van der Waals surface area (Å²) in [6.07, 6.45) is 18.3. The second-order valence-corrected chi connectivity index (χ2v) is 12.0. The number of unbranched alkanes of at least 4 members (excludes halogenated alkanes) is 1. The molecular formula is C20H26Si. The highest BCUT2D eigenvalue weighted by Crippen LogP contribution is 2.55. The lowest BCUT2D eigenvalue weighted by molar-refractivity contribution is 0.636. The Morgan fingerprint density at radius 3 is 2.52 bits per heavy atom. The van der Waals surface area contributed by atoms with E-state index < -0.39 is 8.07 Å². The lowest BCUT2D eigenvalue weighted by Crippen LogP contribution is -2.45. The van der Waals surface area contributed by atoms with E-state index in [9.17, 15) is 0 Å². The minimum Gasteiger partial charge on any atom is -0.0791 e. The van der Waals surface area contributed by atoms with E-state index in [1.165, 1.54) is 24.8 Å². The molecule has 0 aromatic heterocycles. The maximum atomic E-state index is 2.58. The van der Waals surface area contributed by atoms with Crippen molar-refractivity contribution >= 4 is 14.1 Å². The fourth-order valence-corrected chi connectivity index (χ4v) is 8.14. The van der Waals surface area contributed by atoms with Crippen LogP contribution in [0.1, 0.15) is 42.9 Å². The van der Waals surface area contributed by atoms with Crippen LogP contribution in [0.3, 0.4) is 0 Å². The average molecular weight is 295 g/mol. The predicted molar refractivity (Wildman–Crippen MR) is 96.2 cm³/mol. The van der Waals surface area contributed by atoms with Crippen LogP contribution in [0.25, 0.3) is 6.08 Å². The van der Waals surface area contributed by atoms with Crippen LogP contribution in [-0.2, 0) is 0 Å². The third-order valence-electron chi connectivity index (χ3n) is 5.62. The molecule has 1 aromatic carbocycles. The van der Waals surface area contributed by atoms with Crippen molar-refractivity contribution in [2.45, 2.75) is 49.9 Å². The standard InChI is InChI=1S/C20H26Si/c1-4-5-14-20(15-8-9-16-20)21(2,3)19-13-12-17-10-6-7-11-18(17)19/h6-13,15-16,19H,4-5,14H2,1-3H3. The fraction of sp³-hybridized carbons (Fsp3) is 0.400. The summed E-state index contributed by atoms with van der Waals surface area (Å²) >= 11 is 0. The first-order valence-electron chi connectivity index (χ1n) is 8.25. The van der Waals surface area contributed by atoms with E-state index in [4.69, 9.17) is 0 Å². The molecule has 1 atom stereocenters. The van der Waals surface area contributed by atoms with Crippen LogP contribution in [0.15, 0.2) is 54.6 Å². The molecule has 1 unspecified atom stereocenters. The van der Waals surface area contributed by atoms with Crippen LogP contribution in [-0.4, -0.2) is 8.07 Å². The molecule has 0 amide bonds. The van der Waals surface area contributed by atoms with Gasteiger partial charge in [0.2, 0.25) is 0 Å². The molecule has 21 heavy (non-hydrogen) atoms. The lowest BCUT2D eigenvalue weighted by Gasteiger charge is -2.44. The van der Waals surface area contributed by atoms with Crippen LogP contribution >= 0.6 is 0 Å². The van der Waals surface area contributed by atoms with Crippen molar-refractivity contribution in [2.24, 2.45) is 0 Å². The maximum absolute atomic E-state index is 2.58.